The highest BCUT2D eigenvalue weighted by molar-refractivity contribution is 5.14. The Morgan fingerprint density at radius 1 is 1.00 bits per heavy atom. The van der Waals surface area contributed by atoms with Crippen molar-refractivity contribution in [1.29, 1.82) is 0 Å². The van der Waals surface area contributed by atoms with E-state index in [2.05, 4.69) is 32.9 Å². The predicted octanol–water partition coefficient (Wildman–Crippen LogP) is 4.56. The number of rotatable bonds is 9. The lowest BCUT2D eigenvalue weighted by Gasteiger charge is -2.25. The van der Waals surface area contributed by atoms with Gasteiger partial charge in [-0.2, -0.15) is 0 Å². The standard InChI is InChI=1S/C17H26O2/c1-4-17(3,5-2)15-19-14-13-18-12-11-16-9-7-6-8-10-16/h6-10,13-14H,4-5,11-12,15H2,1-3H3/b14-13-. The van der Waals surface area contributed by atoms with Crippen LogP contribution in [0.15, 0.2) is 42.9 Å². The highest BCUT2D eigenvalue weighted by atomic mass is 16.5. The minimum atomic E-state index is 0.272. The first-order chi connectivity index (χ1) is 9.20. The Kier molecular flexibility index (Phi) is 7.09. The second-order valence-corrected chi connectivity index (χ2v) is 5.21. The van der Waals surface area contributed by atoms with Crippen molar-refractivity contribution >= 4 is 0 Å². The monoisotopic (exact) mass is 262 g/mol. The van der Waals surface area contributed by atoms with E-state index >= 15 is 0 Å². The third-order valence-corrected chi connectivity index (χ3v) is 3.74. The first-order valence-corrected chi connectivity index (χ1v) is 7.12. The van der Waals surface area contributed by atoms with Gasteiger partial charge in [-0.15, -0.1) is 0 Å². The number of ether oxygens (including phenoxy) is 2. The quantitative estimate of drug-likeness (QED) is 0.480. The normalized spacial score (nSPS) is 11.7. The lowest BCUT2D eigenvalue weighted by Crippen LogP contribution is -2.19. The van der Waals surface area contributed by atoms with Gasteiger partial charge in [-0.1, -0.05) is 51.1 Å². The third kappa shape index (κ3) is 6.32. The first kappa shape index (κ1) is 15.6. The maximum Gasteiger partial charge on any atom is 0.117 e. The molecule has 0 unspecified atom stereocenters. The van der Waals surface area contributed by atoms with Crippen LogP contribution in [0.2, 0.25) is 0 Å². The largest absolute Gasteiger partial charge is 0.498 e. The van der Waals surface area contributed by atoms with Crippen LogP contribution in [0.4, 0.5) is 0 Å². The second-order valence-electron chi connectivity index (χ2n) is 5.21. The van der Waals surface area contributed by atoms with Gasteiger partial charge in [0.15, 0.2) is 0 Å². The number of hydrogen-bond donors (Lipinski definition) is 0. The molecule has 0 aliphatic rings. The van der Waals surface area contributed by atoms with Crippen LogP contribution in [0.25, 0.3) is 0 Å². The molecule has 2 heteroatoms. The molecule has 1 aromatic rings. The Balaban J connectivity index is 2.11. The maximum atomic E-state index is 5.53. The molecular weight excluding hydrogens is 236 g/mol. The van der Waals surface area contributed by atoms with Crippen LogP contribution in [0.3, 0.4) is 0 Å². The van der Waals surface area contributed by atoms with Crippen LogP contribution < -0.4 is 0 Å². The van der Waals surface area contributed by atoms with E-state index in [4.69, 9.17) is 9.47 Å². The summed E-state index contributed by atoms with van der Waals surface area (Å²) in [6, 6.07) is 10.3. The van der Waals surface area contributed by atoms with Crippen molar-refractivity contribution < 1.29 is 9.47 Å². The molecule has 0 bridgehead atoms. The van der Waals surface area contributed by atoms with Gasteiger partial charge in [0, 0.05) is 11.8 Å². The van der Waals surface area contributed by atoms with E-state index < -0.39 is 0 Å². The van der Waals surface area contributed by atoms with Gasteiger partial charge < -0.3 is 9.47 Å². The molecule has 0 aliphatic carbocycles. The summed E-state index contributed by atoms with van der Waals surface area (Å²) in [6.45, 7) is 8.08. The zero-order chi connectivity index (χ0) is 14.0. The molecule has 0 saturated heterocycles. The highest BCUT2D eigenvalue weighted by Crippen LogP contribution is 2.25. The van der Waals surface area contributed by atoms with Crippen molar-refractivity contribution in [2.45, 2.75) is 40.0 Å². The summed E-state index contributed by atoms with van der Waals surface area (Å²) < 4.78 is 10.9. The average Bonchev–Trinajstić information content (AvgIpc) is 2.47. The Hall–Kier alpha value is -1.44. The fourth-order valence-corrected chi connectivity index (χ4v) is 1.67. The first-order valence-electron chi connectivity index (χ1n) is 7.12. The van der Waals surface area contributed by atoms with Crippen molar-refractivity contribution in [3.05, 3.63) is 48.4 Å². The lowest BCUT2D eigenvalue weighted by molar-refractivity contribution is 0.107. The van der Waals surface area contributed by atoms with E-state index in [-0.39, 0.29) is 5.41 Å². The average molecular weight is 262 g/mol. The SMILES string of the molecule is CCC(C)(CC)CO/C=C\OCCc1ccccc1. The topological polar surface area (TPSA) is 18.5 Å². The predicted molar refractivity (Wildman–Crippen MR) is 79.9 cm³/mol. The molecule has 0 N–H and O–H groups in total. The lowest BCUT2D eigenvalue weighted by atomic mass is 9.86. The second kappa shape index (κ2) is 8.63. The van der Waals surface area contributed by atoms with E-state index in [0.717, 1.165) is 25.9 Å². The smallest absolute Gasteiger partial charge is 0.117 e. The fraction of sp³-hybridized carbons (Fsp3) is 0.529. The number of hydrogen-bond acceptors (Lipinski definition) is 2. The molecule has 19 heavy (non-hydrogen) atoms. The zero-order valence-corrected chi connectivity index (χ0v) is 12.4. The molecule has 0 aromatic heterocycles. The molecule has 1 aromatic carbocycles. The van der Waals surface area contributed by atoms with Crippen LogP contribution >= 0.6 is 0 Å². The van der Waals surface area contributed by atoms with Crippen molar-refractivity contribution in [3.63, 3.8) is 0 Å². The van der Waals surface area contributed by atoms with E-state index in [1.807, 2.05) is 18.2 Å². The van der Waals surface area contributed by atoms with Gasteiger partial charge in [0.2, 0.25) is 0 Å². The minimum absolute atomic E-state index is 0.272. The fourth-order valence-electron chi connectivity index (χ4n) is 1.67. The van der Waals surface area contributed by atoms with E-state index in [1.165, 1.54) is 5.56 Å². The van der Waals surface area contributed by atoms with Crippen LogP contribution in [-0.2, 0) is 15.9 Å². The molecule has 2 nitrogen and oxygen atoms in total. The molecule has 106 valence electrons. The molecule has 0 radical (unpaired) electrons. The third-order valence-electron chi connectivity index (χ3n) is 3.74. The highest BCUT2D eigenvalue weighted by Gasteiger charge is 2.19. The molecule has 1 rings (SSSR count). The van der Waals surface area contributed by atoms with Gasteiger partial charge in [0.1, 0.15) is 12.5 Å². The Labute approximate surface area is 117 Å². The summed E-state index contributed by atoms with van der Waals surface area (Å²) in [7, 11) is 0. The van der Waals surface area contributed by atoms with Gasteiger partial charge in [0.25, 0.3) is 0 Å². The van der Waals surface area contributed by atoms with Crippen molar-refractivity contribution in [1.82, 2.24) is 0 Å². The van der Waals surface area contributed by atoms with Crippen LogP contribution in [0.5, 0.6) is 0 Å². The van der Waals surface area contributed by atoms with E-state index in [9.17, 15) is 0 Å². The van der Waals surface area contributed by atoms with Gasteiger partial charge in [-0.3, -0.25) is 0 Å². The zero-order valence-electron chi connectivity index (χ0n) is 12.4. The van der Waals surface area contributed by atoms with Gasteiger partial charge in [0.05, 0.1) is 13.2 Å². The molecule has 0 heterocycles. The minimum Gasteiger partial charge on any atom is -0.498 e. The maximum absolute atomic E-state index is 5.53. The summed E-state index contributed by atoms with van der Waals surface area (Å²) in [5.41, 5.74) is 1.57. The van der Waals surface area contributed by atoms with Crippen molar-refractivity contribution in [2.24, 2.45) is 5.41 Å². The summed E-state index contributed by atoms with van der Waals surface area (Å²) in [5.74, 6) is 0. The molecule has 0 saturated carbocycles. The van der Waals surface area contributed by atoms with Crippen molar-refractivity contribution in [2.75, 3.05) is 13.2 Å². The van der Waals surface area contributed by atoms with Crippen molar-refractivity contribution in [3.8, 4) is 0 Å². The van der Waals surface area contributed by atoms with E-state index in [1.54, 1.807) is 12.5 Å². The molecule has 0 spiro atoms. The van der Waals surface area contributed by atoms with Gasteiger partial charge in [-0.25, -0.2) is 0 Å². The van der Waals surface area contributed by atoms with Crippen LogP contribution in [0.1, 0.15) is 39.2 Å². The molecular formula is C17H26O2. The summed E-state index contributed by atoms with van der Waals surface area (Å²) in [4.78, 5) is 0. The van der Waals surface area contributed by atoms with Crippen LogP contribution in [0, 0.1) is 5.41 Å². The summed E-state index contributed by atoms with van der Waals surface area (Å²) in [6.07, 6.45) is 6.49. The Morgan fingerprint density at radius 3 is 2.26 bits per heavy atom. The molecule has 0 atom stereocenters. The van der Waals surface area contributed by atoms with Gasteiger partial charge >= 0.3 is 0 Å². The molecule has 0 amide bonds. The van der Waals surface area contributed by atoms with E-state index in [0.29, 0.717) is 6.61 Å². The Morgan fingerprint density at radius 2 is 1.63 bits per heavy atom. The van der Waals surface area contributed by atoms with Crippen LogP contribution in [-0.4, -0.2) is 13.2 Å². The molecule has 0 fully saturated rings. The number of benzene rings is 1. The summed E-state index contributed by atoms with van der Waals surface area (Å²) >= 11 is 0. The Bertz CT molecular complexity index is 353. The van der Waals surface area contributed by atoms with Gasteiger partial charge in [-0.05, 0) is 18.4 Å². The summed E-state index contributed by atoms with van der Waals surface area (Å²) in [5, 5.41) is 0. The molecule has 0 aliphatic heterocycles.